The molecule has 0 atom stereocenters. The molecule has 6 heteroatoms. The molecule has 0 saturated heterocycles. The van der Waals surface area contributed by atoms with Gasteiger partial charge in [0.25, 0.3) is 0 Å². The van der Waals surface area contributed by atoms with Gasteiger partial charge in [-0.3, -0.25) is 4.79 Å². The fourth-order valence-electron chi connectivity index (χ4n) is 2.49. The summed E-state index contributed by atoms with van der Waals surface area (Å²) >= 11 is 0. The van der Waals surface area contributed by atoms with E-state index in [-0.39, 0.29) is 24.7 Å². The molecule has 26 heavy (non-hydrogen) atoms. The van der Waals surface area contributed by atoms with Crippen molar-refractivity contribution in [1.29, 1.82) is 5.26 Å². The predicted octanol–water partition coefficient (Wildman–Crippen LogP) is 4.12. The van der Waals surface area contributed by atoms with E-state index in [0.717, 1.165) is 0 Å². The second kappa shape index (κ2) is 7.62. The lowest BCUT2D eigenvalue weighted by molar-refractivity contribution is -0.142. The Morgan fingerprint density at radius 3 is 2.69 bits per heavy atom. The standard InChI is InChI=1S/C20H15FN2O3/c1-2-25-18(24)11-17-19(15-5-3-4-13(10-15)12-22)26-20(23-17)14-6-8-16(21)9-7-14/h3-10H,2,11H2,1H3. The van der Waals surface area contributed by atoms with Crippen LogP contribution in [-0.4, -0.2) is 17.6 Å². The quantitative estimate of drug-likeness (QED) is 0.647. The van der Waals surface area contributed by atoms with E-state index in [2.05, 4.69) is 11.1 Å². The topological polar surface area (TPSA) is 76.1 Å². The molecule has 1 aromatic heterocycles. The number of hydrogen-bond acceptors (Lipinski definition) is 5. The highest BCUT2D eigenvalue weighted by Crippen LogP contribution is 2.31. The van der Waals surface area contributed by atoms with Crippen molar-refractivity contribution in [2.45, 2.75) is 13.3 Å². The molecule has 0 aliphatic rings. The summed E-state index contributed by atoms with van der Waals surface area (Å²) in [5.41, 5.74) is 2.07. The zero-order valence-corrected chi connectivity index (χ0v) is 14.0. The summed E-state index contributed by atoms with van der Waals surface area (Å²) in [6, 6.07) is 14.6. The van der Waals surface area contributed by atoms with E-state index in [1.807, 2.05) is 0 Å². The molecule has 0 unspecified atom stereocenters. The van der Waals surface area contributed by atoms with Gasteiger partial charge in [0.15, 0.2) is 5.76 Å². The molecule has 0 fully saturated rings. The van der Waals surface area contributed by atoms with Gasteiger partial charge in [0.05, 0.1) is 30.4 Å². The Labute approximate surface area is 149 Å². The summed E-state index contributed by atoms with van der Waals surface area (Å²) in [5, 5.41) is 9.10. The minimum Gasteiger partial charge on any atom is -0.466 e. The van der Waals surface area contributed by atoms with Crippen LogP contribution in [0.2, 0.25) is 0 Å². The molecule has 0 N–H and O–H groups in total. The number of hydrogen-bond donors (Lipinski definition) is 0. The van der Waals surface area contributed by atoms with Crippen molar-refractivity contribution < 1.29 is 18.3 Å². The van der Waals surface area contributed by atoms with Crippen molar-refractivity contribution in [3.8, 4) is 28.8 Å². The maximum absolute atomic E-state index is 13.1. The summed E-state index contributed by atoms with van der Waals surface area (Å²) in [5.74, 6) is -0.144. The van der Waals surface area contributed by atoms with Gasteiger partial charge in [-0.2, -0.15) is 5.26 Å². The number of nitrogens with zero attached hydrogens (tertiary/aromatic N) is 2. The van der Waals surface area contributed by atoms with Crippen LogP contribution < -0.4 is 0 Å². The maximum atomic E-state index is 13.1. The molecule has 5 nitrogen and oxygen atoms in total. The second-order valence-corrected chi connectivity index (χ2v) is 5.48. The van der Waals surface area contributed by atoms with Crippen molar-refractivity contribution in [1.82, 2.24) is 4.98 Å². The van der Waals surface area contributed by atoms with E-state index >= 15 is 0 Å². The zero-order valence-electron chi connectivity index (χ0n) is 14.0. The van der Waals surface area contributed by atoms with Gasteiger partial charge in [0, 0.05) is 11.1 Å². The average Bonchev–Trinajstić information content (AvgIpc) is 3.06. The van der Waals surface area contributed by atoms with Gasteiger partial charge in [-0.25, -0.2) is 9.37 Å². The van der Waals surface area contributed by atoms with Gasteiger partial charge in [-0.15, -0.1) is 0 Å². The molecular weight excluding hydrogens is 335 g/mol. The van der Waals surface area contributed by atoms with Crippen LogP contribution in [0.25, 0.3) is 22.8 Å². The molecule has 0 aliphatic carbocycles. The first-order valence-electron chi connectivity index (χ1n) is 8.02. The third-order valence-corrected chi connectivity index (χ3v) is 3.66. The summed E-state index contributed by atoms with van der Waals surface area (Å²) in [6.07, 6.45) is -0.0648. The first-order chi connectivity index (χ1) is 12.6. The zero-order chi connectivity index (χ0) is 18.5. The lowest BCUT2D eigenvalue weighted by Gasteiger charge is -2.02. The van der Waals surface area contributed by atoms with E-state index in [0.29, 0.717) is 28.1 Å². The van der Waals surface area contributed by atoms with Crippen molar-refractivity contribution in [3.05, 3.63) is 65.6 Å². The molecule has 0 radical (unpaired) electrons. The van der Waals surface area contributed by atoms with Crippen LogP contribution in [-0.2, 0) is 16.0 Å². The summed E-state index contributed by atoms with van der Waals surface area (Å²) < 4.78 is 24.0. The van der Waals surface area contributed by atoms with Gasteiger partial charge in [-0.1, -0.05) is 12.1 Å². The number of oxazole rings is 1. The fraction of sp³-hybridized carbons (Fsp3) is 0.150. The van der Waals surface area contributed by atoms with E-state index in [4.69, 9.17) is 14.4 Å². The lowest BCUT2D eigenvalue weighted by Crippen LogP contribution is -2.08. The average molecular weight is 350 g/mol. The molecule has 0 saturated carbocycles. The Balaban J connectivity index is 2.06. The maximum Gasteiger partial charge on any atom is 0.312 e. The van der Waals surface area contributed by atoms with Crippen LogP contribution in [0.1, 0.15) is 18.2 Å². The van der Waals surface area contributed by atoms with Crippen molar-refractivity contribution in [3.63, 3.8) is 0 Å². The number of benzene rings is 2. The first-order valence-corrected chi connectivity index (χ1v) is 8.02. The smallest absolute Gasteiger partial charge is 0.312 e. The van der Waals surface area contributed by atoms with E-state index in [9.17, 15) is 9.18 Å². The highest BCUT2D eigenvalue weighted by molar-refractivity contribution is 5.76. The van der Waals surface area contributed by atoms with Gasteiger partial charge < -0.3 is 9.15 Å². The highest BCUT2D eigenvalue weighted by Gasteiger charge is 2.20. The number of nitriles is 1. The van der Waals surface area contributed by atoms with Gasteiger partial charge in [-0.05, 0) is 43.3 Å². The van der Waals surface area contributed by atoms with Crippen molar-refractivity contribution in [2.75, 3.05) is 6.61 Å². The predicted molar refractivity (Wildman–Crippen MR) is 92.4 cm³/mol. The third-order valence-electron chi connectivity index (χ3n) is 3.66. The molecule has 3 aromatic rings. The Bertz CT molecular complexity index is 971. The summed E-state index contributed by atoms with van der Waals surface area (Å²) in [7, 11) is 0. The van der Waals surface area contributed by atoms with Crippen molar-refractivity contribution in [2.24, 2.45) is 0 Å². The first kappa shape index (κ1) is 17.4. The Hall–Kier alpha value is -3.46. The minimum atomic E-state index is -0.427. The molecule has 0 spiro atoms. The Kier molecular flexibility index (Phi) is 5.09. The number of rotatable bonds is 5. The number of esters is 1. The molecule has 130 valence electrons. The molecule has 0 amide bonds. The third kappa shape index (κ3) is 3.78. The number of carbonyl (C=O) groups excluding carboxylic acids is 1. The van der Waals surface area contributed by atoms with Gasteiger partial charge in [0.2, 0.25) is 5.89 Å². The Morgan fingerprint density at radius 1 is 1.23 bits per heavy atom. The molecule has 2 aromatic carbocycles. The molecule has 0 bridgehead atoms. The molecular formula is C20H15FN2O3. The van der Waals surface area contributed by atoms with Crippen LogP contribution in [0.3, 0.4) is 0 Å². The van der Waals surface area contributed by atoms with Crippen LogP contribution in [0.4, 0.5) is 4.39 Å². The summed E-state index contributed by atoms with van der Waals surface area (Å²) in [6.45, 7) is 1.99. The number of halogens is 1. The van der Waals surface area contributed by atoms with Crippen LogP contribution >= 0.6 is 0 Å². The van der Waals surface area contributed by atoms with E-state index < -0.39 is 5.97 Å². The largest absolute Gasteiger partial charge is 0.466 e. The minimum absolute atomic E-state index is 0.0648. The van der Waals surface area contributed by atoms with Crippen molar-refractivity contribution >= 4 is 5.97 Å². The Morgan fingerprint density at radius 2 is 2.00 bits per heavy atom. The molecule has 3 rings (SSSR count). The van der Waals surface area contributed by atoms with E-state index in [1.54, 1.807) is 43.3 Å². The normalized spacial score (nSPS) is 10.3. The number of carbonyl (C=O) groups is 1. The summed E-state index contributed by atoms with van der Waals surface area (Å²) in [4.78, 5) is 16.3. The van der Waals surface area contributed by atoms with Gasteiger partial charge >= 0.3 is 5.97 Å². The second-order valence-electron chi connectivity index (χ2n) is 5.48. The van der Waals surface area contributed by atoms with Crippen LogP contribution in [0.15, 0.2) is 52.9 Å². The number of aromatic nitrogens is 1. The van der Waals surface area contributed by atoms with Gasteiger partial charge in [0.1, 0.15) is 5.82 Å². The molecule has 1 heterocycles. The fourth-order valence-corrected chi connectivity index (χ4v) is 2.49. The van der Waals surface area contributed by atoms with Crippen LogP contribution in [0, 0.1) is 17.1 Å². The van der Waals surface area contributed by atoms with E-state index in [1.165, 1.54) is 12.1 Å². The lowest BCUT2D eigenvalue weighted by atomic mass is 10.1. The monoisotopic (exact) mass is 350 g/mol. The highest BCUT2D eigenvalue weighted by atomic mass is 19.1. The number of ether oxygens (including phenoxy) is 1. The SMILES string of the molecule is CCOC(=O)Cc1nc(-c2ccc(F)cc2)oc1-c1cccc(C#N)c1. The van der Waals surface area contributed by atoms with Crippen LogP contribution in [0.5, 0.6) is 0 Å². The molecule has 0 aliphatic heterocycles.